The largest absolute Gasteiger partial charge is 0.488 e. The van der Waals surface area contributed by atoms with Crippen molar-refractivity contribution in [1.82, 2.24) is 10.6 Å². The molecule has 0 bridgehead atoms. The summed E-state index contributed by atoms with van der Waals surface area (Å²) in [5, 5.41) is 8.32. The Morgan fingerprint density at radius 1 is 1.10 bits per heavy atom. The highest BCUT2D eigenvalue weighted by Gasteiger charge is 2.31. The van der Waals surface area contributed by atoms with Crippen molar-refractivity contribution in [3.63, 3.8) is 0 Å². The minimum absolute atomic E-state index is 0.0133. The second kappa shape index (κ2) is 14.1. The molecule has 2 aromatic carbocycles. The molecule has 2 unspecified atom stereocenters. The first kappa shape index (κ1) is 32.3. The smallest absolute Gasteiger partial charge is 0.255 e. The lowest BCUT2D eigenvalue weighted by Gasteiger charge is -2.27. The third kappa shape index (κ3) is 8.66. The average molecular weight is 603 g/mol. The molecule has 3 rings (SSSR count). The standard InChI is InChI=1S/C28H38N6O7S/c1-4-16(2)24-28(38)31-21(7-5-6-12-29)27(37)32-22-13-17(25(30)35)8-9-18(22)15-41-23-11-10-19(34-42(3,39)40)14-20(23)26(36)33-24/h8-11,13-14,16,21,24,34H,4-7,12,15,29H2,1-3H3,(H2,30,35)(H,31,38)(H,32,37)(H,33,36)/t16?,21?,24-/m0/s1. The van der Waals surface area contributed by atoms with E-state index in [1.54, 1.807) is 13.0 Å². The number of nitrogens with one attached hydrogen (secondary N) is 4. The number of unbranched alkanes of at least 4 members (excludes halogenated alkanes) is 1. The number of carbonyl (C=O) groups is 4. The van der Waals surface area contributed by atoms with Gasteiger partial charge in [-0.1, -0.05) is 26.3 Å². The molecule has 0 saturated carbocycles. The third-order valence-electron chi connectivity index (χ3n) is 6.92. The van der Waals surface area contributed by atoms with E-state index in [2.05, 4.69) is 20.7 Å². The number of amides is 4. The summed E-state index contributed by atoms with van der Waals surface area (Å²) in [6, 6.07) is 6.63. The van der Waals surface area contributed by atoms with Gasteiger partial charge in [-0.3, -0.25) is 23.9 Å². The van der Waals surface area contributed by atoms with Crippen LogP contribution in [0.15, 0.2) is 36.4 Å². The quantitative estimate of drug-likeness (QED) is 0.231. The molecule has 13 nitrogen and oxygen atoms in total. The van der Waals surface area contributed by atoms with E-state index >= 15 is 0 Å². The van der Waals surface area contributed by atoms with Crippen molar-refractivity contribution >= 4 is 45.0 Å². The van der Waals surface area contributed by atoms with Crippen molar-refractivity contribution in [3.05, 3.63) is 53.1 Å². The number of fused-ring (bicyclic) bond motifs is 2. The van der Waals surface area contributed by atoms with Crippen LogP contribution in [0.3, 0.4) is 0 Å². The second-order valence-electron chi connectivity index (χ2n) is 10.3. The SMILES string of the molecule is CCC(C)[C@@H]1NC(=O)c2cc(NS(C)(=O)=O)ccc2OCc2ccc(C(N)=O)cc2NC(=O)C(CCCCN)NC1=O. The van der Waals surface area contributed by atoms with Gasteiger partial charge in [0.1, 0.15) is 24.4 Å². The van der Waals surface area contributed by atoms with Gasteiger partial charge in [0.25, 0.3) is 5.91 Å². The van der Waals surface area contributed by atoms with Gasteiger partial charge in [0.15, 0.2) is 0 Å². The lowest BCUT2D eigenvalue weighted by atomic mass is 9.96. The highest BCUT2D eigenvalue weighted by Crippen LogP contribution is 2.27. The van der Waals surface area contributed by atoms with E-state index < -0.39 is 45.7 Å². The molecule has 0 aliphatic carbocycles. The monoisotopic (exact) mass is 602 g/mol. The number of primary amides is 1. The Hall–Kier alpha value is -4.17. The maximum absolute atomic E-state index is 13.6. The van der Waals surface area contributed by atoms with Crippen LogP contribution in [0.25, 0.3) is 0 Å². The van der Waals surface area contributed by atoms with Gasteiger partial charge >= 0.3 is 0 Å². The molecule has 4 amide bonds. The first-order valence-corrected chi connectivity index (χ1v) is 15.5. The highest BCUT2D eigenvalue weighted by molar-refractivity contribution is 7.92. The second-order valence-corrected chi connectivity index (χ2v) is 12.0. The fourth-order valence-electron chi connectivity index (χ4n) is 4.40. The van der Waals surface area contributed by atoms with Gasteiger partial charge in [-0.2, -0.15) is 0 Å². The maximum Gasteiger partial charge on any atom is 0.255 e. The van der Waals surface area contributed by atoms with Crippen molar-refractivity contribution in [3.8, 4) is 5.75 Å². The molecule has 0 spiro atoms. The van der Waals surface area contributed by atoms with Gasteiger partial charge in [0.05, 0.1) is 11.8 Å². The zero-order chi connectivity index (χ0) is 31.0. The van der Waals surface area contributed by atoms with Gasteiger partial charge in [-0.15, -0.1) is 0 Å². The molecule has 0 saturated heterocycles. The van der Waals surface area contributed by atoms with E-state index in [9.17, 15) is 27.6 Å². The summed E-state index contributed by atoms with van der Waals surface area (Å²) in [6.07, 6.45) is 2.97. The number of ether oxygens (including phenoxy) is 1. The molecule has 2 aromatic rings. The Morgan fingerprint density at radius 2 is 1.83 bits per heavy atom. The Balaban J connectivity index is 2.14. The summed E-state index contributed by atoms with van der Waals surface area (Å²) >= 11 is 0. The van der Waals surface area contributed by atoms with Crippen LogP contribution in [0.2, 0.25) is 0 Å². The van der Waals surface area contributed by atoms with E-state index in [1.165, 1.54) is 30.3 Å². The predicted molar refractivity (Wildman–Crippen MR) is 158 cm³/mol. The van der Waals surface area contributed by atoms with Crippen LogP contribution in [0.5, 0.6) is 5.75 Å². The van der Waals surface area contributed by atoms with Crippen molar-refractivity contribution in [1.29, 1.82) is 0 Å². The van der Waals surface area contributed by atoms with Gasteiger partial charge in [-0.05, 0) is 62.1 Å². The Bertz CT molecular complexity index is 1450. The van der Waals surface area contributed by atoms with Crippen molar-refractivity contribution in [2.75, 3.05) is 22.8 Å². The van der Waals surface area contributed by atoms with E-state index in [0.717, 1.165) is 6.26 Å². The van der Waals surface area contributed by atoms with Crippen molar-refractivity contribution in [2.45, 2.75) is 58.2 Å². The molecular weight excluding hydrogens is 564 g/mol. The number of nitrogens with two attached hydrogens (primary N) is 2. The van der Waals surface area contributed by atoms with Crippen LogP contribution >= 0.6 is 0 Å². The third-order valence-corrected chi connectivity index (χ3v) is 7.53. The topological polar surface area (TPSA) is 212 Å². The van der Waals surface area contributed by atoms with Crippen molar-refractivity contribution < 1.29 is 32.3 Å². The maximum atomic E-state index is 13.6. The van der Waals surface area contributed by atoms with Crippen LogP contribution < -0.4 is 36.9 Å². The normalized spacial score (nSPS) is 18.6. The van der Waals surface area contributed by atoms with E-state index in [0.29, 0.717) is 31.4 Å². The summed E-state index contributed by atoms with van der Waals surface area (Å²) in [7, 11) is -3.65. The molecule has 1 heterocycles. The Kier molecular flexibility index (Phi) is 10.9. The van der Waals surface area contributed by atoms with Gasteiger partial charge < -0.3 is 32.2 Å². The van der Waals surface area contributed by atoms with E-state index in [-0.39, 0.29) is 47.2 Å². The number of sulfonamides is 1. The average Bonchev–Trinajstić information content (AvgIpc) is 2.93. The summed E-state index contributed by atoms with van der Waals surface area (Å²) in [6.45, 7) is 3.93. The molecule has 0 fully saturated rings. The summed E-state index contributed by atoms with van der Waals surface area (Å²) in [4.78, 5) is 52.5. The number of hydrogen-bond acceptors (Lipinski definition) is 8. The van der Waals surface area contributed by atoms with Gasteiger partial charge in [0, 0.05) is 22.5 Å². The number of benzene rings is 2. The lowest BCUT2D eigenvalue weighted by Crippen LogP contribution is -2.55. The van der Waals surface area contributed by atoms with Gasteiger partial charge in [-0.25, -0.2) is 8.42 Å². The first-order chi connectivity index (χ1) is 19.8. The zero-order valence-electron chi connectivity index (χ0n) is 23.9. The summed E-state index contributed by atoms with van der Waals surface area (Å²) in [5.74, 6) is -2.69. The number of hydrogen-bond donors (Lipinski definition) is 6. The Morgan fingerprint density at radius 3 is 2.48 bits per heavy atom. The highest BCUT2D eigenvalue weighted by atomic mass is 32.2. The molecule has 1 aliphatic rings. The van der Waals surface area contributed by atoms with Crippen LogP contribution in [0.1, 0.15) is 65.8 Å². The van der Waals surface area contributed by atoms with E-state index in [4.69, 9.17) is 16.2 Å². The first-order valence-electron chi connectivity index (χ1n) is 13.6. The minimum Gasteiger partial charge on any atom is -0.488 e. The zero-order valence-corrected chi connectivity index (χ0v) is 24.7. The molecule has 0 aromatic heterocycles. The molecule has 42 heavy (non-hydrogen) atoms. The van der Waals surface area contributed by atoms with Crippen LogP contribution in [-0.4, -0.2) is 56.9 Å². The molecule has 8 N–H and O–H groups in total. The van der Waals surface area contributed by atoms with Crippen LogP contribution in [0.4, 0.5) is 11.4 Å². The van der Waals surface area contributed by atoms with Crippen LogP contribution in [0, 0.1) is 5.92 Å². The fourth-order valence-corrected chi connectivity index (χ4v) is 4.96. The summed E-state index contributed by atoms with van der Waals surface area (Å²) < 4.78 is 32.0. The number of rotatable bonds is 9. The van der Waals surface area contributed by atoms with Crippen molar-refractivity contribution in [2.24, 2.45) is 17.4 Å². The molecule has 14 heteroatoms. The number of carbonyl (C=O) groups excluding carboxylic acids is 4. The minimum atomic E-state index is -3.65. The molecule has 3 atom stereocenters. The fraction of sp³-hybridized carbons (Fsp3) is 0.429. The van der Waals surface area contributed by atoms with Gasteiger partial charge in [0.2, 0.25) is 27.7 Å². The lowest BCUT2D eigenvalue weighted by molar-refractivity contribution is -0.128. The molecule has 0 radical (unpaired) electrons. The molecule has 228 valence electrons. The Labute approximate surface area is 245 Å². The predicted octanol–water partition coefficient (Wildman–Crippen LogP) is 1.45. The molecular formula is C28H38N6O7S. The number of anilines is 2. The molecule has 1 aliphatic heterocycles. The van der Waals surface area contributed by atoms with Crippen LogP contribution in [-0.2, 0) is 26.2 Å². The van der Waals surface area contributed by atoms with E-state index in [1.807, 2.05) is 6.92 Å². The summed E-state index contributed by atoms with van der Waals surface area (Å²) in [5.41, 5.74) is 12.1.